The summed E-state index contributed by atoms with van der Waals surface area (Å²) >= 11 is 0. The molecule has 0 amide bonds. The Morgan fingerprint density at radius 1 is 1.12 bits per heavy atom. The number of fused-ring (bicyclic) bond motifs is 1. The van der Waals surface area contributed by atoms with Crippen molar-refractivity contribution < 1.29 is 4.92 Å². The molecule has 3 aromatic heterocycles. The molecule has 4 aromatic rings. The molecule has 4 rings (SSSR count). The van der Waals surface area contributed by atoms with Gasteiger partial charge >= 0.3 is 0 Å². The molecule has 26 heavy (non-hydrogen) atoms. The van der Waals surface area contributed by atoms with Crippen LogP contribution in [0.5, 0.6) is 0 Å². The molecular weight excluding hydrogens is 328 g/mol. The van der Waals surface area contributed by atoms with Gasteiger partial charge in [0.25, 0.3) is 5.69 Å². The van der Waals surface area contributed by atoms with Crippen molar-refractivity contribution in [2.45, 2.75) is 12.8 Å². The first kappa shape index (κ1) is 16.0. The first-order chi connectivity index (χ1) is 12.6. The minimum atomic E-state index is -0.368. The number of hydrogen-bond acceptors (Lipinski definition) is 4. The fourth-order valence-electron chi connectivity index (χ4n) is 3.16. The third-order valence-corrected chi connectivity index (χ3v) is 4.61. The Kier molecular flexibility index (Phi) is 3.93. The second kappa shape index (κ2) is 6.40. The van der Waals surface area contributed by atoms with Crippen molar-refractivity contribution in [3.8, 4) is 11.1 Å². The smallest absolute Gasteiger partial charge is 0.269 e. The lowest BCUT2D eigenvalue weighted by Gasteiger charge is -2.11. The van der Waals surface area contributed by atoms with Gasteiger partial charge in [-0.1, -0.05) is 25.1 Å². The molecule has 0 radical (unpaired) electrons. The highest BCUT2D eigenvalue weighted by atomic mass is 16.6. The summed E-state index contributed by atoms with van der Waals surface area (Å²) in [5.41, 5.74) is 4.83. The summed E-state index contributed by atoms with van der Waals surface area (Å²) in [6.07, 6.45) is 7.28. The maximum atomic E-state index is 11.1. The minimum absolute atomic E-state index is 0.00500. The second-order valence-electron chi connectivity index (χ2n) is 6.18. The molecule has 3 heterocycles. The molecule has 1 N–H and O–H groups in total. The predicted octanol–water partition coefficient (Wildman–Crippen LogP) is 4.68. The van der Waals surface area contributed by atoms with E-state index in [4.69, 9.17) is 0 Å². The number of nitro benzene ring substituents is 1. The number of nitrogens with one attached hydrogen (secondary N) is 1. The minimum Gasteiger partial charge on any atom is -0.346 e. The van der Waals surface area contributed by atoms with E-state index in [-0.39, 0.29) is 16.5 Å². The number of H-pyrrole nitrogens is 1. The molecule has 0 saturated heterocycles. The number of pyridine rings is 2. The first-order valence-electron chi connectivity index (χ1n) is 8.25. The van der Waals surface area contributed by atoms with E-state index >= 15 is 0 Å². The molecule has 6 nitrogen and oxygen atoms in total. The van der Waals surface area contributed by atoms with Crippen LogP contribution in [0.1, 0.15) is 24.0 Å². The molecule has 6 heteroatoms. The van der Waals surface area contributed by atoms with Crippen molar-refractivity contribution in [2.75, 3.05) is 0 Å². The van der Waals surface area contributed by atoms with Crippen LogP contribution < -0.4 is 0 Å². The average Bonchev–Trinajstić information content (AvgIpc) is 3.11. The standard InChI is InChI=1S/C20H16N4O2/c1-13(14-4-2-6-17(8-14)24(25)26)19-12-23-20-18(19)9-16(11-22-20)15-5-3-7-21-10-15/h2-13H,1H3,(H,22,23). The summed E-state index contributed by atoms with van der Waals surface area (Å²) in [6, 6.07) is 12.7. The zero-order valence-electron chi connectivity index (χ0n) is 14.1. The SMILES string of the molecule is CC(c1cccc([N+](=O)[O-])c1)c1c[nH]c2ncc(-c3cccnc3)cc12. The van der Waals surface area contributed by atoms with Crippen LogP contribution in [0, 0.1) is 10.1 Å². The Balaban J connectivity index is 1.79. The monoisotopic (exact) mass is 344 g/mol. The van der Waals surface area contributed by atoms with Crippen molar-refractivity contribution in [1.82, 2.24) is 15.0 Å². The Morgan fingerprint density at radius 3 is 2.77 bits per heavy atom. The van der Waals surface area contributed by atoms with Gasteiger partial charge < -0.3 is 4.98 Å². The van der Waals surface area contributed by atoms with Crippen LogP contribution in [-0.2, 0) is 0 Å². The molecule has 1 unspecified atom stereocenters. The summed E-state index contributed by atoms with van der Waals surface area (Å²) in [4.78, 5) is 22.6. The van der Waals surface area contributed by atoms with Crippen molar-refractivity contribution in [1.29, 1.82) is 0 Å². The molecule has 1 atom stereocenters. The number of hydrogen-bond donors (Lipinski definition) is 1. The highest BCUT2D eigenvalue weighted by molar-refractivity contribution is 5.85. The Hall–Kier alpha value is -3.54. The second-order valence-corrected chi connectivity index (χ2v) is 6.18. The van der Waals surface area contributed by atoms with Crippen LogP contribution in [0.25, 0.3) is 22.2 Å². The van der Waals surface area contributed by atoms with Gasteiger partial charge in [-0.05, 0) is 23.3 Å². The molecule has 128 valence electrons. The zero-order valence-corrected chi connectivity index (χ0v) is 14.1. The van der Waals surface area contributed by atoms with Gasteiger partial charge in [-0.2, -0.15) is 0 Å². The first-order valence-corrected chi connectivity index (χ1v) is 8.25. The lowest BCUT2D eigenvalue weighted by Crippen LogP contribution is -1.97. The molecule has 0 bridgehead atoms. The lowest BCUT2D eigenvalue weighted by atomic mass is 9.92. The van der Waals surface area contributed by atoms with E-state index in [9.17, 15) is 10.1 Å². The highest BCUT2D eigenvalue weighted by Crippen LogP contribution is 2.33. The van der Waals surface area contributed by atoms with E-state index in [2.05, 4.69) is 21.0 Å². The van der Waals surface area contributed by atoms with Crippen LogP contribution in [0.2, 0.25) is 0 Å². The third-order valence-electron chi connectivity index (χ3n) is 4.61. The Labute approximate surface area is 149 Å². The van der Waals surface area contributed by atoms with Crippen molar-refractivity contribution in [3.05, 3.63) is 88.5 Å². The van der Waals surface area contributed by atoms with Crippen molar-refractivity contribution in [2.24, 2.45) is 0 Å². The number of non-ortho nitro benzene ring substituents is 1. The van der Waals surface area contributed by atoms with E-state index in [1.165, 1.54) is 6.07 Å². The molecule has 0 aliphatic rings. The molecule has 0 fully saturated rings. The molecule has 0 aliphatic carbocycles. The van der Waals surface area contributed by atoms with E-state index in [1.54, 1.807) is 24.5 Å². The summed E-state index contributed by atoms with van der Waals surface area (Å²) in [6.45, 7) is 2.04. The van der Waals surface area contributed by atoms with Crippen LogP contribution in [0.4, 0.5) is 5.69 Å². The summed E-state index contributed by atoms with van der Waals surface area (Å²) < 4.78 is 0. The van der Waals surface area contributed by atoms with Gasteiger partial charge in [0.15, 0.2) is 0 Å². The fraction of sp³-hybridized carbons (Fsp3) is 0.100. The zero-order chi connectivity index (χ0) is 18.1. The van der Waals surface area contributed by atoms with Gasteiger partial charge in [-0.25, -0.2) is 4.98 Å². The van der Waals surface area contributed by atoms with Gasteiger partial charge in [-0.3, -0.25) is 15.1 Å². The Bertz CT molecular complexity index is 1090. The number of nitro groups is 1. The van der Waals surface area contributed by atoms with Gasteiger partial charge in [0.05, 0.1) is 4.92 Å². The van der Waals surface area contributed by atoms with Crippen LogP contribution in [0.15, 0.2) is 67.3 Å². The van der Waals surface area contributed by atoms with E-state index in [0.29, 0.717) is 0 Å². The topological polar surface area (TPSA) is 84.7 Å². The largest absolute Gasteiger partial charge is 0.346 e. The fourth-order valence-corrected chi connectivity index (χ4v) is 3.16. The van der Waals surface area contributed by atoms with E-state index < -0.39 is 0 Å². The number of aromatic nitrogens is 3. The van der Waals surface area contributed by atoms with Crippen LogP contribution in [0.3, 0.4) is 0 Å². The number of aromatic amines is 1. The lowest BCUT2D eigenvalue weighted by molar-refractivity contribution is -0.384. The summed E-state index contributed by atoms with van der Waals surface area (Å²) in [5, 5.41) is 12.1. The summed E-state index contributed by atoms with van der Waals surface area (Å²) in [5.74, 6) is -0.00500. The Morgan fingerprint density at radius 2 is 2.00 bits per heavy atom. The third kappa shape index (κ3) is 2.82. The average molecular weight is 344 g/mol. The predicted molar refractivity (Wildman–Crippen MR) is 99.9 cm³/mol. The summed E-state index contributed by atoms with van der Waals surface area (Å²) in [7, 11) is 0. The molecule has 0 saturated carbocycles. The van der Waals surface area contributed by atoms with Crippen LogP contribution >= 0.6 is 0 Å². The number of nitrogens with zero attached hydrogens (tertiary/aromatic N) is 3. The molecule has 0 spiro atoms. The maximum absolute atomic E-state index is 11.1. The van der Waals surface area contributed by atoms with Crippen molar-refractivity contribution in [3.63, 3.8) is 0 Å². The number of benzene rings is 1. The highest BCUT2D eigenvalue weighted by Gasteiger charge is 2.17. The maximum Gasteiger partial charge on any atom is 0.269 e. The van der Waals surface area contributed by atoms with E-state index in [0.717, 1.165) is 33.3 Å². The van der Waals surface area contributed by atoms with Gasteiger partial charge in [0.1, 0.15) is 5.65 Å². The number of rotatable bonds is 4. The van der Waals surface area contributed by atoms with E-state index in [1.807, 2.05) is 37.5 Å². The molecule has 0 aliphatic heterocycles. The normalized spacial score (nSPS) is 12.2. The molecular formula is C20H16N4O2. The quantitative estimate of drug-likeness (QED) is 0.430. The van der Waals surface area contributed by atoms with Gasteiger partial charge in [-0.15, -0.1) is 0 Å². The van der Waals surface area contributed by atoms with Gasteiger partial charge in [0, 0.05) is 59.4 Å². The van der Waals surface area contributed by atoms with Gasteiger partial charge in [0.2, 0.25) is 0 Å². The van der Waals surface area contributed by atoms with Crippen molar-refractivity contribution >= 4 is 16.7 Å². The van der Waals surface area contributed by atoms with Crippen LogP contribution in [-0.4, -0.2) is 19.9 Å². The molecule has 1 aromatic carbocycles.